The molecule has 7 nitrogen and oxygen atoms in total. The van der Waals surface area contributed by atoms with Crippen molar-refractivity contribution in [2.75, 3.05) is 24.5 Å². The molecule has 3 amide bonds. The maximum Gasteiger partial charge on any atom is 0.332 e. The van der Waals surface area contributed by atoms with Crippen LogP contribution in [-0.4, -0.2) is 55.2 Å². The van der Waals surface area contributed by atoms with Gasteiger partial charge in [0.05, 0.1) is 10.6 Å². The normalized spacial score (nSPS) is 18.6. The van der Waals surface area contributed by atoms with E-state index in [0.29, 0.717) is 31.6 Å². The fourth-order valence-corrected chi connectivity index (χ4v) is 6.01. The van der Waals surface area contributed by atoms with E-state index in [9.17, 15) is 18.0 Å². The number of amides is 3. The van der Waals surface area contributed by atoms with E-state index in [0.717, 1.165) is 10.8 Å². The van der Waals surface area contributed by atoms with Gasteiger partial charge in [-0.15, -0.1) is 0 Å². The third-order valence-corrected chi connectivity index (χ3v) is 8.12. The van der Waals surface area contributed by atoms with Gasteiger partial charge in [0, 0.05) is 19.1 Å². The van der Waals surface area contributed by atoms with Crippen LogP contribution in [0, 0.1) is 0 Å². The van der Waals surface area contributed by atoms with Crippen LogP contribution in [0.5, 0.6) is 0 Å². The molecule has 0 spiro atoms. The molecule has 3 aromatic carbocycles. The number of piperidine rings is 1. The predicted molar refractivity (Wildman–Crippen MR) is 122 cm³/mol. The molecule has 0 aliphatic carbocycles. The average molecular weight is 450 g/mol. The van der Waals surface area contributed by atoms with Crippen molar-refractivity contribution < 1.29 is 18.0 Å². The first-order chi connectivity index (χ1) is 15.4. The monoisotopic (exact) mass is 449 g/mol. The highest BCUT2D eigenvalue weighted by molar-refractivity contribution is 7.89. The Labute approximate surface area is 186 Å². The standard InChI is InChI=1S/C24H23N3O4S/c28-23-17-26(24(29)27(23)21-8-2-1-3-9-21)20-12-14-25(15-13-20)32(30,31)22-11-10-18-6-4-5-7-19(18)16-22/h1-11,16,20H,12-15,17H2. The third kappa shape index (κ3) is 3.55. The molecule has 2 aliphatic heterocycles. The summed E-state index contributed by atoms with van der Waals surface area (Å²) in [5.74, 6) is -0.257. The van der Waals surface area contributed by atoms with Crippen molar-refractivity contribution >= 4 is 38.4 Å². The van der Waals surface area contributed by atoms with E-state index in [1.54, 1.807) is 41.3 Å². The fourth-order valence-electron chi connectivity index (χ4n) is 4.51. The molecule has 0 bridgehead atoms. The Morgan fingerprint density at radius 2 is 1.44 bits per heavy atom. The Bertz CT molecular complexity index is 1280. The lowest BCUT2D eigenvalue weighted by Gasteiger charge is -2.35. The van der Waals surface area contributed by atoms with Crippen LogP contribution < -0.4 is 4.90 Å². The van der Waals surface area contributed by atoms with E-state index in [1.165, 1.54) is 9.21 Å². The molecule has 2 fully saturated rings. The van der Waals surface area contributed by atoms with Gasteiger partial charge in [0.25, 0.3) is 5.91 Å². The zero-order valence-corrected chi connectivity index (χ0v) is 18.2. The molecule has 0 saturated carbocycles. The number of imide groups is 1. The molecule has 164 valence electrons. The molecule has 0 unspecified atom stereocenters. The van der Waals surface area contributed by atoms with Crippen LogP contribution in [-0.2, 0) is 14.8 Å². The average Bonchev–Trinajstić information content (AvgIpc) is 3.13. The summed E-state index contributed by atoms with van der Waals surface area (Å²) in [6.45, 7) is 0.641. The largest absolute Gasteiger partial charge is 0.332 e. The number of urea groups is 1. The van der Waals surface area contributed by atoms with Crippen LogP contribution in [0.15, 0.2) is 77.7 Å². The maximum absolute atomic E-state index is 13.2. The van der Waals surface area contributed by atoms with Crippen LogP contribution >= 0.6 is 0 Å². The van der Waals surface area contributed by atoms with Gasteiger partial charge < -0.3 is 4.90 Å². The second-order valence-electron chi connectivity index (χ2n) is 8.12. The van der Waals surface area contributed by atoms with Crippen molar-refractivity contribution in [3.8, 4) is 0 Å². The zero-order chi connectivity index (χ0) is 22.3. The van der Waals surface area contributed by atoms with E-state index in [2.05, 4.69) is 0 Å². The smallest absolute Gasteiger partial charge is 0.312 e. The molecule has 8 heteroatoms. The second-order valence-corrected chi connectivity index (χ2v) is 10.1. The number of anilines is 1. The number of hydrogen-bond acceptors (Lipinski definition) is 4. The molecule has 3 aromatic rings. The number of carbonyl (C=O) groups excluding carboxylic acids is 2. The van der Waals surface area contributed by atoms with Gasteiger partial charge in [-0.25, -0.2) is 18.1 Å². The summed E-state index contributed by atoms with van der Waals surface area (Å²) in [5.41, 5.74) is 0.557. The van der Waals surface area contributed by atoms with E-state index >= 15 is 0 Å². The summed E-state index contributed by atoms with van der Waals surface area (Å²) in [6.07, 6.45) is 0.989. The van der Waals surface area contributed by atoms with Gasteiger partial charge in [-0.1, -0.05) is 48.5 Å². The van der Waals surface area contributed by atoms with Crippen molar-refractivity contribution in [3.05, 3.63) is 72.8 Å². The number of sulfonamides is 1. The number of para-hydroxylation sites is 1. The fraction of sp³-hybridized carbons (Fsp3) is 0.250. The SMILES string of the molecule is O=C1CN(C2CCN(S(=O)(=O)c3ccc4ccccc4c3)CC2)C(=O)N1c1ccccc1. The minimum absolute atomic E-state index is 0.0236. The molecule has 0 atom stereocenters. The Balaban J connectivity index is 1.29. The number of fused-ring (bicyclic) bond motifs is 1. The van der Waals surface area contributed by atoms with Crippen LogP contribution in [0.25, 0.3) is 10.8 Å². The van der Waals surface area contributed by atoms with Gasteiger partial charge in [0.15, 0.2) is 0 Å². The summed E-state index contributed by atoms with van der Waals surface area (Å²) in [7, 11) is -3.63. The molecule has 0 aromatic heterocycles. The molecular weight excluding hydrogens is 426 g/mol. The topological polar surface area (TPSA) is 78.0 Å². The molecule has 2 aliphatic rings. The van der Waals surface area contributed by atoms with Crippen LogP contribution in [0.2, 0.25) is 0 Å². The minimum atomic E-state index is -3.63. The second kappa shape index (κ2) is 8.03. The number of benzene rings is 3. The molecule has 2 heterocycles. The number of rotatable bonds is 4. The van der Waals surface area contributed by atoms with Gasteiger partial charge >= 0.3 is 6.03 Å². The Kier molecular flexibility index (Phi) is 5.19. The summed E-state index contributed by atoms with van der Waals surface area (Å²) in [5, 5.41) is 1.87. The number of nitrogens with zero attached hydrogens (tertiary/aromatic N) is 3. The van der Waals surface area contributed by atoms with E-state index < -0.39 is 10.0 Å². The van der Waals surface area contributed by atoms with Crippen molar-refractivity contribution in [2.24, 2.45) is 0 Å². The van der Waals surface area contributed by atoms with Gasteiger partial charge in [-0.3, -0.25) is 4.79 Å². The van der Waals surface area contributed by atoms with E-state index in [-0.39, 0.29) is 29.4 Å². The summed E-state index contributed by atoms with van der Waals surface area (Å²) >= 11 is 0. The van der Waals surface area contributed by atoms with Gasteiger partial charge in [0.2, 0.25) is 10.0 Å². The van der Waals surface area contributed by atoms with Crippen LogP contribution in [0.3, 0.4) is 0 Å². The number of carbonyl (C=O) groups is 2. The first kappa shape index (κ1) is 20.7. The molecule has 32 heavy (non-hydrogen) atoms. The molecule has 0 radical (unpaired) electrons. The van der Waals surface area contributed by atoms with Crippen LogP contribution in [0.1, 0.15) is 12.8 Å². The zero-order valence-electron chi connectivity index (χ0n) is 17.4. The Morgan fingerprint density at radius 1 is 0.781 bits per heavy atom. The highest BCUT2D eigenvalue weighted by atomic mass is 32.2. The predicted octanol–water partition coefficient (Wildman–Crippen LogP) is 3.46. The molecule has 2 saturated heterocycles. The minimum Gasteiger partial charge on any atom is -0.312 e. The highest BCUT2D eigenvalue weighted by Crippen LogP contribution is 2.29. The van der Waals surface area contributed by atoms with Crippen molar-refractivity contribution in [1.29, 1.82) is 0 Å². The lowest BCUT2D eigenvalue weighted by molar-refractivity contribution is -0.116. The first-order valence-electron chi connectivity index (χ1n) is 10.6. The quantitative estimate of drug-likeness (QED) is 0.572. The van der Waals surface area contributed by atoms with E-state index in [4.69, 9.17) is 0 Å². The lowest BCUT2D eigenvalue weighted by Crippen LogP contribution is -2.48. The van der Waals surface area contributed by atoms with Crippen molar-refractivity contribution in [3.63, 3.8) is 0 Å². The molecule has 0 N–H and O–H groups in total. The van der Waals surface area contributed by atoms with Gasteiger partial charge in [-0.2, -0.15) is 4.31 Å². The van der Waals surface area contributed by atoms with Gasteiger partial charge in [0.1, 0.15) is 6.54 Å². The Morgan fingerprint density at radius 3 is 2.16 bits per heavy atom. The maximum atomic E-state index is 13.2. The van der Waals surface area contributed by atoms with Crippen molar-refractivity contribution in [1.82, 2.24) is 9.21 Å². The van der Waals surface area contributed by atoms with Gasteiger partial charge in [-0.05, 0) is 47.9 Å². The first-order valence-corrected chi connectivity index (χ1v) is 12.1. The third-order valence-electron chi connectivity index (χ3n) is 6.23. The Hall–Kier alpha value is -3.23. The highest BCUT2D eigenvalue weighted by Gasteiger charge is 2.42. The summed E-state index contributed by atoms with van der Waals surface area (Å²) in [6, 6.07) is 21.2. The summed E-state index contributed by atoms with van der Waals surface area (Å²) in [4.78, 5) is 28.5. The number of hydrogen-bond donors (Lipinski definition) is 0. The molecular formula is C24H23N3O4S. The lowest BCUT2D eigenvalue weighted by atomic mass is 10.1. The van der Waals surface area contributed by atoms with Crippen molar-refractivity contribution in [2.45, 2.75) is 23.8 Å². The van der Waals surface area contributed by atoms with Crippen LogP contribution in [0.4, 0.5) is 10.5 Å². The summed E-state index contributed by atoms with van der Waals surface area (Å²) < 4.78 is 27.9. The van der Waals surface area contributed by atoms with E-state index in [1.807, 2.05) is 36.4 Å². The molecule has 5 rings (SSSR count).